The first kappa shape index (κ1) is 18.3. The normalized spacial score (nSPS) is 10.0. The fraction of sp³-hybridized carbons (Fsp3) is 0.263. The van der Waals surface area contributed by atoms with Crippen molar-refractivity contribution in [3.63, 3.8) is 0 Å². The first-order chi connectivity index (χ1) is 12.1. The molecule has 25 heavy (non-hydrogen) atoms. The van der Waals surface area contributed by atoms with Gasteiger partial charge in [0, 0.05) is 18.3 Å². The summed E-state index contributed by atoms with van der Waals surface area (Å²) in [6, 6.07) is 14.2. The lowest BCUT2D eigenvalue weighted by Gasteiger charge is -2.09. The van der Waals surface area contributed by atoms with Crippen LogP contribution in [0.1, 0.15) is 20.3 Å². The first-order valence-electron chi connectivity index (χ1n) is 8.10. The predicted molar refractivity (Wildman–Crippen MR) is 97.1 cm³/mol. The molecular formula is C19H22N2O4. The van der Waals surface area contributed by atoms with Gasteiger partial charge in [-0.25, -0.2) is 0 Å². The van der Waals surface area contributed by atoms with Crippen LogP contribution >= 0.6 is 0 Å². The van der Waals surface area contributed by atoms with Crippen LogP contribution in [0.2, 0.25) is 0 Å². The Morgan fingerprint density at radius 3 is 2.12 bits per heavy atom. The summed E-state index contributed by atoms with van der Waals surface area (Å²) in [4.78, 5) is 23.0. The quantitative estimate of drug-likeness (QED) is 0.770. The lowest BCUT2D eigenvalue weighted by Crippen LogP contribution is -2.15. The van der Waals surface area contributed by atoms with Crippen molar-refractivity contribution in [2.45, 2.75) is 20.3 Å². The maximum Gasteiger partial charge on any atom is 0.227 e. The number of anilines is 2. The Balaban J connectivity index is 1.77. The van der Waals surface area contributed by atoms with Gasteiger partial charge in [-0.15, -0.1) is 0 Å². The summed E-state index contributed by atoms with van der Waals surface area (Å²) in [6.45, 7) is 4.24. The molecule has 132 valence electrons. The van der Waals surface area contributed by atoms with E-state index in [9.17, 15) is 9.59 Å². The molecule has 0 aliphatic carbocycles. The van der Waals surface area contributed by atoms with Crippen molar-refractivity contribution in [1.29, 1.82) is 0 Å². The van der Waals surface area contributed by atoms with Gasteiger partial charge in [0.2, 0.25) is 11.8 Å². The molecule has 0 unspecified atom stereocenters. The van der Waals surface area contributed by atoms with Gasteiger partial charge < -0.3 is 20.1 Å². The average Bonchev–Trinajstić information content (AvgIpc) is 2.56. The number of ether oxygens (including phenoxy) is 2. The van der Waals surface area contributed by atoms with Crippen molar-refractivity contribution in [2.24, 2.45) is 0 Å². The summed E-state index contributed by atoms with van der Waals surface area (Å²) in [7, 11) is 0. The summed E-state index contributed by atoms with van der Waals surface area (Å²) in [5.74, 6) is 1.15. The number of carbonyl (C=O) groups excluding carboxylic acids is 2. The molecule has 0 aromatic heterocycles. The molecule has 0 heterocycles. The molecule has 2 amide bonds. The highest BCUT2D eigenvalue weighted by molar-refractivity contribution is 5.93. The minimum atomic E-state index is -0.161. The highest BCUT2D eigenvalue weighted by Gasteiger charge is 2.05. The van der Waals surface area contributed by atoms with Crippen LogP contribution in [-0.2, 0) is 9.59 Å². The fourth-order valence-electron chi connectivity index (χ4n) is 2.16. The lowest BCUT2D eigenvalue weighted by molar-refractivity contribution is -0.116. The maximum absolute atomic E-state index is 12.0. The zero-order chi connectivity index (χ0) is 18.1. The number of amides is 2. The highest BCUT2D eigenvalue weighted by atomic mass is 16.5. The maximum atomic E-state index is 12.0. The summed E-state index contributed by atoms with van der Waals surface area (Å²) in [6.07, 6.45) is 0.220. The Bertz CT molecular complexity index is 714. The molecule has 0 aliphatic rings. The van der Waals surface area contributed by atoms with E-state index in [2.05, 4.69) is 10.6 Å². The number of nitrogens with one attached hydrogen (secondary N) is 2. The van der Waals surface area contributed by atoms with Crippen molar-refractivity contribution in [1.82, 2.24) is 0 Å². The smallest absolute Gasteiger partial charge is 0.227 e. The van der Waals surface area contributed by atoms with Gasteiger partial charge in [0.05, 0.1) is 19.6 Å². The van der Waals surface area contributed by atoms with Crippen LogP contribution in [0, 0.1) is 0 Å². The van der Waals surface area contributed by atoms with Crippen molar-refractivity contribution >= 4 is 23.2 Å². The van der Waals surface area contributed by atoms with Gasteiger partial charge in [-0.05, 0) is 49.4 Å². The molecule has 2 aromatic carbocycles. The van der Waals surface area contributed by atoms with Gasteiger partial charge >= 0.3 is 0 Å². The van der Waals surface area contributed by atoms with Gasteiger partial charge in [-0.2, -0.15) is 0 Å². The number of hydrogen-bond acceptors (Lipinski definition) is 4. The van der Waals surface area contributed by atoms with Crippen LogP contribution in [0.5, 0.6) is 11.5 Å². The van der Waals surface area contributed by atoms with Crippen LogP contribution in [0.4, 0.5) is 11.4 Å². The monoisotopic (exact) mass is 342 g/mol. The molecule has 2 aromatic rings. The third kappa shape index (κ3) is 6.55. The second-order valence-corrected chi connectivity index (χ2v) is 5.31. The third-order valence-electron chi connectivity index (χ3n) is 3.20. The minimum absolute atomic E-state index is 0.160. The SMILES string of the molecule is CCOc1ccc(OCCC(=O)Nc2cccc(NC(C)=O)c2)cc1. The van der Waals surface area contributed by atoms with E-state index >= 15 is 0 Å². The number of rotatable bonds is 8. The van der Waals surface area contributed by atoms with E-state index in [-0.39, 0.29) is 24.8 Å². The summed E-state index contributed by atoms with van der Waals surface area (Å²) in [5, 5.41) is 5.45. The van der Waals surface area contributed by atoms with Crippen LogP contribution in [-0.4, -0.2) is 25.0 Å². The molecular weight excluding hydrogens is 320 g/mol. The first-order valence-corrected chi connectivity index (χ1v) is 8.10. The highest BCUT2D eigenvalue weighted by Crippen LogP contribution is 2.18. The van der Waals surface area contributed by atoms with Crippen molar-refractivity contribution in [3.05, 3.63) is 48.5 Å². The Hall–Kier alpha value is -3.02. The molecule has 6 heteroatoms. The van der Waals surface area contributed by atoms with E-state index in [0.717, 1.165) is 5.75 Å². The van der Waals surface area contributed by atoms with E-state index in [0.29, 0.717) is 23.7 Å². The summed E-state index contributed by atoms with van der Waals surface area (Å²) in [5.41, 5.74) is 1.26. The Morgan fingerprint density at radius 1 is 0.920 bits per heavy atom. The predicted octanol–water partition coefficient (Wildman–Crippen LogP) is 3.45. The lowest BCUT2D eigenvalue weighted by atomic mass is 10.2. The average molecular weight is 342 g/mol. The van der Waals surface area contributed by atoms with Crippen LogP contribution in [0.3, 0.4) is 0 Å². The number of hydrogen-bond donors (Lipinski definition) is 2. The van der Waals surface area contributed by atoms with E-state index < -0.39 is 0 Å². The topological polar surface area (TPSA) is 76.7 Å². The molecule has 0 atom stereocenters. The summed E-state index contributed by atoms with van der Waals surface area (Å²) >= 11 is 0. The summed E-state index contributed by atoms with van der Waals surface area (Å²) < 4.78 is 10.9. The fourth-order valence-corrected chi connectivity index (χ4v) is 2.16. The van der Waals surface area contributed by atoms with E-state index in [1.807, 2.05) is 19.1 Å². The molecule has 2 N–H and O–H groups in total. The molecule has 0 saturated heterocycles. The third-order valence-corrected chi connectivity index (χ3v) is 3.20. The molecule has 2 rings (SSSR count). The van der Waals surface area contributed by atoms with E-state index in [1.54, 1.807) is 36.4 Å². The second-order valence-electron chi connectivity index (χ2n) is 5.31. The van der Waals surface area contributed by atoms with Crippen LogP contribution < -0.4 is 20.1 Å². The zero-order valence-corrected chi connectivity index (χ0v) is 14.4. The molecule has 0 saturated carbocycles. The van der Waals surface area contributed by atoms with E-state index in [1.165, 1.54) is 6.92 Å². The van der Waals surface area contributed by atoms with E-state index in [4.69, 9.17) is 9.47 Å². The van der Waals surface area contributed by atoms with Crippen molar-refractivity contribution < 1.29 is 19.1 Å². The Labute approximate surface area is 147 Å². The largest absolute Gasteiger partial charge is 0.494 e. The van der Waals surface area contributed by atoms with Gasteiger partial charge in [0.15, 0.2) is 0 Å². The number of carbonyl (C=O) groups is 2. The van der Waals surface area contributed by atoms with Crippen LogP contribution in [0.15, 0.2) is 48.5 Å². The zero-order valence-electron chi connectivity index (χ0n) is 14.4. The Morgan fingerprint density at radius 2 is 1.52 bits per heavy atom. The molecule has 0 bridgehead atoms. The van der Waals surface area contributed by atoms with Gasteiger partial charge in [-0.3, -0.25) is 9.59 Å². The van der Waals surface area contributed by atoms with Crippen LogP contribution in [0.25, 0.3) is 0 Å². The molecule has 0 radical (unpaired) electrons. The van der Waals surface area contributed by atoms with Gasteiger partial charge in [0.25, 0.3) is 0 Å². The number of benzene rings is 2. The van der Waals surface area contributed by atoms with Crippen molar-refractivity contribution in [3.8, 4) is 11.5 Å². The Kier molecular flexibility index (Phi) is 6.83. The molecule has 0 aliphatic heterocycles. The molecule has 0 fully saturated rings. The second kappa shape index (κ2) is 9.32. The van der Waals surface area contributed by atoms with Gasteiger partial charge in [0.1, 0.15) is 11.5 Å². The molecule has 6 nitrogen and oxygen atoms in total. The van der Waals surface area contributed by atoms with Crippen molar-refractivity contribution in [2.75, 3.05) is 23.8 Å². The minimum Gasteiger partial charge on any atom is -0.494 e. The van der Waals surface area contributed by atoms with Gasteiger partial charge in [-0.1, -0.05) is 6.07 Å². The standard InChI is InChI=1S/C19H22N2O4/c1-3-24-17-7-9-18(10-8-17)25-12-11-19(23)21-16-6-4-5-15(13-16)20-14(2)22/h4-10,13H,3,11-12H2,1-2H3,(H,20,22)(H,21,23). The molecule has 0 spiro atoms.